The number of amides is 1. The number of hydrogen-bond acceptors (Lipinski definition) is 7. The number of anilines is 2. The van der Waals surface area contributed by atoms with Crippen LogP contribution in [-0.4, -0.2) is 34.8 Å². The van der Waals surface area contributed by atoms with Crippen molar-refractivity contribution in [3.63, 3.8) is 0 Å². The molecule has 1 heterocycles. The van der Waals surface area contributed by atoms with Crippen molar-refractivity contribution in [3.8, 4) is 23.8 Å². The summed E-state index contributed by atoms with van der Waals surface area (Å²) in [6, 6.07) is 11.2. The van der Waals surface area contributed by atoms with Crippen LogP contribution in [0.5, 0.6) is 11.5 Å². The van der Waals surface area contributed by atoms with Crippen LogP contribution < -0.4 is 20.3 Å². The van der Waals surface area contributed by atoms with Gasteiger partial charge in [-0.1, -0.05) is 24.8 Å². The van der Waals surface area contributed by atoms with Crippen LogP contribution in [0.4, 0.5) is 11.5 Å². The predicted octanol–water partition coefficient (Wildman–Crippen LogP) is 4.62. The fourth-order valence-electron chi connectivity index (χ4n) is 3.24. The average molecular weight is 471 g/mol. The topological polar surface area (TPSA) is 106 Å². The third kappa shape index (κ3) is 7.24. The second-order valence-corrected chi connectivity index (χ2v) is 7.14. The van der Waals surface area contributed by atoms with E-state index in [1.165, 1.54) is 6.33 Å². The number of nitrogens with zero attached hydrogens (tertiary/aromatic N) is 2. The van der Waals surface area contributed by atoms with E-state index in [0.717, 1.165) is 47.8 Å². The zero-order valence-corrected chi connectivity index (χ0v) is 19.2. The Morgan fingerprint density at radius 2 is 1.94 bits per heavy atom. The Bertz CT molecular complexity index is 1120. The molecule has 0 saturated carbocycles. The molecule has 0 radical (unpaired) electrons. The van der Waals surface area contributed by atoms with Gasteiger partial charge in [0, 0.05) is 29.1 Å². The number of unbranched alkanes of at least 4 members (excludes halogenated alkanes) is 3. The molecule has 0 aliphatic carbocycles. The second-order valence-electron chi connectivity index (χ2n) is 7.14. The van der Waals surface area contributed by atoms with Crippen molar-refractivity contribution in [3.05, 3.63) is 48.3 Å². The first-order valence-corrected chi connectivity index (χ1v) is 10.4. The molecule has 3 N–H and O–H groups in total. The minimum atomic E-state index is -0.361. The maximum atomic E-state index is 11.0. The highest BCUT2D eigenvalue weighted by atomic mass is 35.5. The number of hydroxylamine groups is 1. The lowest BCUT2D eigenvalue weighted by Gasteiger charge is -2.14. The highest BCUT2D eigenvalue weighted by molar-refractivity contribution is 5.93. The number of ether oxygens (including phenoxy) is 2. The number of benzene rings is 2. The number of carbonyl (C=O) groups excluding carboxylic acids is 1. The summed E-state index contributed by atoms with van der Waals surface area (Å²) in [4.78, 5) is 19.7. The molecule has 1 amide bonds. The summed E-state index contributed by atoms with van der Waals surface area (Å²) in [5, 5.41) is 12.6. The first-order chi connectivity index (χ1) is 15.6. The van der Waals surface area contributed by atoms with Crippen molar-refractivity contribution in [1.82, 2.24) is 15.4 Å². The van der Waals surface area contributed by atoms with Crippen LogP contribution in [0.2, 0.25) is 0 Å². The molecular weight excluding hydrogens is 444 g/mol. The first kappa shape index (κ1) is 25.7. The molecule has 2 aromatic carbocycles. The standard InChI is InChI=1S/C24H26N4O4.ClH/c1-3-17-9-8-10-18(13-17)27-24-19-14-22(21(31-2)15-20(19)25-16-26-24)32-12-7-5-4-6-11-23(29)28-30;/h1,8-10,13-16,30H,4-7,11-12H2,2H3,(H,28,29)(H,25,26,27);1H. The number of hydrogen-bond donors (Lipinski definition) is 3. The van der Waals surface area contributed by atoms with Gasteiger partial charge in [-0.05, 0) is 37.1 Å². The van der Waals surface area contributed by atoms with E-state index in [2.05, 4.69) is 21.2 Å². The third-order valence-corrected chi connectivity index (χ3v) is 4.89. The van der Waals surface area contributed by atoms with Crippen LogP contribution >= 0.6 is 12.4 Å². The van der Waals surface area contributed by atoms with Crippen molar-refractivity contribution in [2.24, 2.45) is 0 Å². The minimum Gasteiger partial charge on any atom is -0.493 e. The molecule has 33 heavy (non-hydrogen) atoms. The molecule has 0 saturated heterocycles. The van der Waals surface area contributed by atoms with Crippen LogP contribution in [0.15, 0.2) is 42.7 Å². The Balaban J connectivity index is 0.00000385. The number of methoxy groups -OCH3 is 1. The van der Waals surface area contributed by atoms with E-state index in [0.29, 0.717) is 30.3 Å². The summed E-state index contributed by atoms with van der Waals surface area (Å²) in [5.74, 6) is 4.10. The van der Waals surface area contributed by atoms with Crippen molar-refractivity contribution < 1.29 is 19.5 Å². The molecule has 9 heteroatoms. The zero-order valence-electron chi connectivity index (χ0n) is 18.3. The highest BCUT2D eigenvalue weighted by Crippen LogP contribution is 2.35. The van der Waals surface area contributed by atoms with Crippen LogP contribution in [0.25, 0.3) is 10.9 Å². The molecule has 0 unspecified atom stereocenters. The van der Waals surface area contributed by atoms with Gasteiger partial charge in [0.2, 0.25) is 5.91 Å². The molecular formula is C24H27ClN4O4. The summed E-state index contributed by atoms with van der Waals surface area (Å²) in [6.45, 7) is 0.509. The van der Waals surface area contributed by atoms with Gasteiger partial charge in [-0.25, -0.2) is 15.4 Å². The van der Waals surface area contributed by atoms with Crippen molar-refractivity contribution in [1.29, 1.82) is 0 Å². The van der Waals surface area contributed by atoms with E-state index >= 15 is 0 Å². The summed E-state index contributed by atoms with van der Waals surface area (Å²) in [7, 11) is 1.59. The first-order valence-electron chi connectivity index (χ1n) is 10.4. The molecule has 0 aliphatic rings. The Morgan fingerprint density at radius 3 is 2.70 bits per heavy atom. The van der Waals surface area contributed by atoms with E-state index in [9.17, 15) is 4.79 Å². The normalized spacial score (nSPS) is 10.1. The predicted molar refractivity (Wildman–Crippen MR) is 130 cm³/mol. The van der Waals surface area contributed by atoms with Crippen molar-refractivity contribution >= 4 is 40.7 Å². The summed E-state index contributed by atoms with van der Waals surface area (Å²) >= 11 is 0. The fourth-order valence-corrected chi connectivity index (χ4v) is 3.24. The van der Waals surface area contributed by atoms with Gasteiger partial charge >= 0.3 is 0 Å². The van der Waals surface area contributed by atoms with Gasteiger partial charge < -0.3 is 14.8 Å². The molecule has 174 valence electrons. The number of fused-ring (bicyclic) bond motifs is 1. The van der Waals surface area contributed by atoms with Crippen molar-refractivity contribution in [2.75, 3.05) is 19.0 Å². The molecule has 0 spiro atoms. The van der Waals surface area contributed by atoms with Gasteiger partial charge in [-0.3, -0.25) is 10.0 Å². The van der Waals surface area contributed by atoms with E-state index in [4.69, 9.17) is 21.1 Å². The Morgan fingerprint density at radius 1 is 1.12 bits per heavy atom. The van der Waals surface area contributed by atoms with Crippen LogP contribution in [-0.2, 0) is 4.79 Å². The lowest BCUT2D eigenvalue weighted by Crippen LogP contribution is -2.17. The summed E-state index contributed by atoms with van der Waals surface area (Å²) in [5.41, 5.74) is 3.97. The fraction of sp³-hybridized carbons (Fsp3) is 0.292. The van der Waals surface area contributed by atoms with Gasteiger partial charge in [0.15, 0.2) is 11.5 Å². The van der Waals surface area contributed by atoms with Gasteiger partial charge in [0.1, 0.15) is 12.1 Å². The zero-order chi connectivity index (χ0) is 22.8. The highest BCUT2D eigenvalue weighted by Gasteiger charge is 2.12. The quantitative estimate of drug-likeness (QED) is 0.162. The van der Waals surface area contributed by atoms with E-state index in [1.807, 2.05) is 36.4 Å². The molecule has 1 aromatic heterocycles. The van der Waals surface area contributed by atoms with Gasteiger partial charge in [0.05, 0.1) is 19.2 Å². The van der Waals surface area contributed by atoms with Crippen LogP contribution in [0.1, 0.15) is 37.7 Å². The summed E-state index contributed by atoms with van der Waals surface area (Å²) in [6.07, 6.45) is 10.6. The number of rotatable bonds is 11. The Kier molecular flexibility index (Phi) is 10.2. The molecule has 3 aromatic rings. The Hall–Kier alpha value is -3.54. The van der Waals surface area contributed by atoms with Crippen LogP contribution in [0, 0.1) is 12.3 Å². The number of aromatic nitrogens is 2. The SMILES string of the molecule is C#Cc1cccc(Nc2ncnc3cc(OC)c(OCCCCCCC(=O)NO)cc23)c1.Cl. The smallest absolute Gasteiger partial charge is 0.243 e. The van der Waals surface area contributed by atoms with Gasteiger partial charge in [-0.2, -0.15) is 0 Å². The lowest BCUT2D eigenvalue weighted by molar-refractivity contribution is -0.129. The largest absolute Gasteiger partial charge is 0.493 e. The summed E-state index contributed by atoms with van der Waals surface area (Å²) < 4.78 is 11.5. The molecule has 0 fully saturated rings. The molecule has 3 rings (SSSR count). The second kappa shape index (κ2) is 13.1. The van der Waals surface area contributed by atoms with E-state index in [-0.39, 0.29) is 18.3 Å². The maximum absolute atomic E-state index is 11.0. The average Bonchev–Trinajstić information content (AvgIpc) is 2.83. The van der Waals surface area contributed by atoms with Crippen molar-refractivity contribution in [2.45, 2.75) is 32.1 Å². The van der Waals surface area contributed by atoms with Crippen LogP contribution in [0.3, 0.4) is 0 Å². The molecule has 0 aliphatic heterocycles. The number of carbonyl (C=O) groups is 1. The number of halogens is 1. The maximum Gasteiger partial charge on any atom is 0.243 e. The minimum absolute atomic E-state index is 0. The molecule has 8 nitrogen and oxygen atoms in total. The molecule has 0 bridgehead atoms. The third-order valence-electron chi connectivity index (χ3n) is 4.89. The Labute approximate surface area is 199 Å². The molecule has 0 atom stereocenters. The van der Waals surface area contributed by atoms with Gasteiger partial charge in [-0.15, -0.1) is 18.8 Å². The monoisotopic (exact) mass is 470 g/mol. The van der Waals surface area contributed by atoms with Gasteiger partial charge in [0.25, 0.3) is 0 Å². The number of terminal acetylenes is 1. The number of nitrogens with one attached hydrogen (secondary N) is 2. The van der Waals surface area contributed by atoms with E-state index < -0.39 is 0 Å². The van der Waals surface area contributed by atoms with E-state index in [1.54, 1.807) is 12.6 Å². The lowest BCUT2D eigenvalue weighted by atomic mass is 10.1.